The molecule has 3 nitrogen and oxygen atoms in total. The van der Waals surface area contributed by atoms with Gasteiger partial charge >= 0.3 is 0 Å². The van der Waals surface area contributed by atoms with Gasteiger partial charge in [0.05, 0.1) is 12.7 Å². The van der Waals surface area contributed by atoms with Crippen molar-refractivity contribution in [3.8, 4) is 0 Å². The van der Waals surface area contributed by atoms with Gasteiger partial charge in [0, 0.05) is 20.2 Å². The third kappa shape index (κ3) is 6.28. The summed E-state index contributed by atoms with van der Waals surface area (Å²) in [5.74, 6) is 0.312. The third-order valence-electron chi connectivity index (χ3n) is 1.77. The summed E-state index contributed by atoms with van der Waals surface area (Å²) in [4.78, 5) is 0. The van der Waals surface area contributed by atoms with E-state index in [1.165, 1.54) is 0 Å². The second-order valence-corrected chi connectivity index (χ2v) is 2.91. The SMILES string of the molecule is COCCNC[C@@H](C)[C@H](C)O. The standard InChI is InChI=1S/C8H19NO2/c1-7(8(2)10)6-9-4-5-11-3/h7-10H,4-6H2,1-3H3/t7-,8+/m1/s1. The van der Waals surface area contributed by atoms with Crippen molar-refractivity contribution in [3.63, 3.8) is 0 Å². The predicted octanol–water partition coefficient (Wildman–Crippen LogP) is 0.239. The van der Waals surface area contributed by atoms with Crippen LogP contribution in [0.4, 0.5) is 0 Å². The Morgan fingerprint density at radius 3 is 2.55 bits per heavy atom. The van der Waals surface area contributed by atoms with Crippen LogP contribution < -0.4 is 5.32 Å². The largest absolute Gasteiger partial charge is 0.393 e. The van der Waals surface area contributed by atoms with Crippen molar-refractivity contribution in [1.82, 2.24) is 5.32 Å². The summed E-state index contributed by atoms with van der Waals surface area (Å²) in [7, 11) is 1.68. The maximum absolute atomic E-state index is 9.11. The zero-order valence-corrected chi connectivity index (χ0v) is 7.63. The highest BCUT2D eigenvalue weighted by molar-refractivity contribution is 4.61. The van der Waals surface area contributed by atoms with Crippen LogP contribution in [0.25, 0.3) is 0 Å². The van der Waals surface area contributed by atoms with Gasteiger partial charge in [-0.1, -0.05) is 6.92 Å². The predicted molar refractivity (Wildman–Crippen MR) is 45.6 cm³/mol. The van der Waals surface area contributed by atoms with E-state index in [4.69, 9.17) is 9.84 Å². The quantitative estimate of drug-likeness (QED) is 0.548. The molecule has 2 N–H and O–H groups in total. The second kappa shape index (κ2) is 6.58. The van der Waals surface area contributed by atoms with Crippen molar-refractivity contribution in [3.05, 3.63) is 0 Å². The number of aliphatic hydroxyl groups is 1. The van der Waals surface area contributed by atoms with Gasteiger partial charge in [-0.3, -0.25) is 0 Å². The lowest BCUT2D eigenvalue weighted by molar-refractivity contribution is 0.131. The number of rotatable bonds is 6. The zero-order chi connectivity index (χ0) is 8.69. The Bertz CT molecular complexity index is 86.2. The molecule has 0 bridgehead atoms. The Morgan fingerprint density at radius 2 is 2.09 bits per heavy atom. The Morgan fingerprint density at radius 1 is 1.45 bits per heavy atom. The molecule has 0 spiro atoms. The molecule has 0 aliphatic heterocycles. The third-order valence-corrected chi connectivity index (χ3v) is 1.77. The number of aliphatic hydroxyl groups excluding tert-OH is 1. The van der Waals surface area contributed by atoms with Crippen LogP contribution >= 0.6 is 0 Å². The molecule has 0 rings (SSSR count). The average Bonchev–Trinajstić information content (AvgIpc) is 1.97. The van der Waals surface area contributed by atoms with Crippen LogP contribution in [0.2, 0.25) is 0 Å². The van der Waals surface area contributed by atoms with Crippen LogP contribution in [0.3, 0.4) is 0 Å². The lowest BCUT2D eigenvalue weighted by Gasteiger charge is -2.14. The highest BCUT2D eigenvalue weighted by Gasteiger charge is 2.06. The first-order chi connectivity index (χ1) is 5.18. The van der Waals surface area contributed by atoms with Crippen LogP contribution in [-0.4, -0.2) is 38.0 Å². The highest BCUT2D eigenvalue weighted by Crippen LogP contribution is 1.98. The summed E-state index contributed by atoms with van der Waals surface area (Å²) < 4.78 is 4.86. The first kappa shape index (κ1) is 10.9. The molecule has 0 aliphatic carbocycles. The first-order valence-electron chi connectivity index (χ1n) is 4.06. The molecule has 0 saturated carbocycles. The fourth-order valence-electron chi connectivity index (χ4n) is 0.675. The smallest absolute Gasteiger partial charge is 0.0587 e. The minimum atomic E-state index is -0.231. The molecule has 0 radical (unpaired) electrons. The maximum Gasteiger partial charge on any atom is 0.0587 e. The highest BCUT2D eigenvalue weighted by atomic mass is 16.5. The molecule has 0 aromatic heterocycles. The molecule has 2 atom stereocenters. The summed E-state index contributed by atoms with van der Waals surface area (Å²) in [6.07, 6.45) is -0.231. The van der Waals surface area contributed by atoms with Gasteiger partial charge < -0.3 is 15.2 Å². The van der Waals surface area contributed by atoms with E-state index in [0.717, 1.165) is 19.7 Å². The van der Waals surface area contributed by atoms with E-state index >= 15 is 0 Å². The van der Waals surface area contributed by atoms with Crippen molar-refractivity contribution in [2.45, 2.75) is 20.0 Å². The maximum atomic E-state index is 9.11. The molecule has 0 aromatic rings. The molecule has 68 valence electrons. The summed E-state index contributed by atoms with van der Waals surface area (Å²) in [5.41, 5.74) is 0. The number of ether oxygens (including phenoxy) is 1. The van der Waals surface area contributed by atoms with E-state index in [-0.39, 0.29) is 6.10 Å². The summed E-state index contributed by atoms with van der Waals surface area (Å²) in [6.45, 7) is 6.26. The van der Waals surface area contributed by atoms with Gasteiger partial charge in [-0.15, -0.1) is 0 Å². The summed E-state index contributed by atoms with van der Waals surface area (Å²) >= 11 is 0. The minimum absolute atomic E-state index is 0.231. The van der Waals surface area contributed by atoms with Crippen molar-refractivity contribution in [2.75, 3.05) is 26.8 Å². The van der Waals surface area contributed by atoms with Gasteiger partial charge in [0.1, 0.15) is 0 Å². The molecule has 11 heavy (non-hydrogen) atoms. The van der Waals surface area contributed by atoms with Gasteiger partial charge in [0.2, 0.25) is 0 Å². The normalized spacial score (nSPS) is 16.4. The number of methoxy groups -OCH3 is 1. The van der Waals surface area contributed by atoms with Crippen molar-refractivity contribution >= 4 is 0 Å². The van der Waals surface area contributed by atoms with Crippen molar-refractivity contribution in [1.29, 1.82) is 0 Å². The van der Waals surface area contributed by atoms with Gasteiger partial charge in [-0.2, -0.15) is 0 Å². The van der Waals surface area contributed by atoms with E-state index in [1.807, 2.05) is 13.8 Å². The Balaban J connectivity index is 3.10. The van der Waals surface area contributed by atoms with E-state index in [9.17, 15) is 0 Å². The molecular formula is C8H19NO2. The number of nitrogens with one attached hydrogen (secondary N) is 1. The second-order valence-electron chi connectivity index (χ2n) is 2.91. The van der Waals surface area contributed by atoms with E-state index in [0.29, 0.717) is 5.92 Å². The van der Waals surface area contributed by atoms with Gasteiger partial charge in [0.15, 0.2) is 0 Å². The van der Waals surface area contributed by atoms with Crippen LogP contribution in [0.15, 0.2) is 0 Å². The molecular weight excluding hydrogens is 142 g/mol. The van der Waals surface area contributed by atoms with Crippen molar-refractivity contribution < 1.29 is 9.84 Å². The molecule has 0 aliphatic rings. The monoisotopic (exact) mass is 161 g/mol. The summed E-state index contributed by atoms with van der Waals surface area (Å²) in [5, 5.41) is 12.3. The molecule has 0 saturated heterocycles. The van der Waals surface area contributed by atoms with E-state index in [2.05, 4.69) is 5.32 Å². The fraction of sp³-hybridized carbons (Fsp3) is 1.00. The fourth-order valence-corrected chi connectivity index (χ4v) is 0.675. The minimum Gasteiger partial charge on any atom is -0.393 e. The van der Waals surface area contributed by atoms with Crippen LogP contribution in [0.5, 0.6) is 0 Å². The van der Waals surface area contributed by atoms with E-state index in [1.54, 1.807) is 7.11 Å². The Kier molecular flexibility index (Phi) is 6.51. The summed E-state index contributed by atoms with van der Waals surface area (Å²) in [6, 6.07) is 0. The van der Waals surface area contributed by atoms with Crippen molar-refractivity contribution in [2.24, 2.45) is 5.92 Å². The van der Waals surface area contributed by atoms with Crippen LogP contribution in [0.1, 0.15) is 13.8 Å². The topological polar surface area (TPSA) is 41.5 Å². The molecule has 0 unspecified atom stereocenters. The van der Waals surface area contributed by atoms with Gasteiger partial charge in [0.25, 0.3) is 0 Å². The van der Waals surface area contributed by atoms with Gasteiger partial charge in [-0.05, 0) is 12.8 Å². The van der Waals surface area contributed by atoms with Gasteiger partial charge in [-0.25, -0.2) is 0 Å². The molecule has 0 amide bonds. The molecule has 0 aromatic carbocycles. The average molecular weight is 161 g/mol. The van der Waals surface area contributed by atoms with Crippen LogP contribution in [-0.2, 0) is 4.74 Å². The molecule has 0 heterocycles. The number of hydrogen-bond donors (Lipinski definition) is 2. The Hall–Kier alpha value is -0.120. The zero-order valence-electron chi connectivity index (χ0n) is 7.63. The number of hydrogen-bond acceptors (Lipinski definition) is 3. The lowest BCUT2D eigenvalue weighted by Crippen LogP contribution is -2.29. The Labute approximate surface area is 68.8 Å². The first-order valence-corrected chi connectivity index (χ1v) is 4.06. The van der Waals surface area contributed by atoms with E-state index < -0.39 is 0 Å². The molecule has 3 heteroatoms. The lowest BCUT2D eigenvalue weighted by atomic mass is 10.1. The van der Waals surface area contributed by atoms with Crippen LogP contribution in [0, 0.1) is 5.92 Å². The molecule has 0 fully saturated rings.